The van der Waals surface area contributed by atoms with E-state index in [2.05, 4.69) is 29.0 Å². The number of hydrogen-bond acceptors (Lipinski definition) is 4. The maximum absolute atomic E-state index is 14.0. The summed E-state index contributed by atoms with van der Waals surface area (Å²) >= 11 is 0. The largest absolute Gasteiger partial charge is 0.488 e. The van der Waals surface area contributed by atoms with Crippen molar-refractivity contribution in [1.82, 2.24) is 14.5 Å². The third-order valence-electron chi connectivity index (χ3n) is 7.04. The highest BCUT2D eigenvalue weighted by Gasteiger charge is 2.21. The Kier molecular flexibility index (Phi) is 5.95. The first-order chi connectivity index (χ1) is 17.6. The van der Waals surface area contributed by atoms with Crippen LogP contribution in [-0.2, 0) is 11.3 Å². The van der Waals surface area contributed by atoms with Gasteiger partial charge in [-0.3, -0.25) is 9.47 Å². The highest BCUT2D eigenvalue weighted by molar-refractivity contribution is 5.95. The molecule has 1 atom stereocenters. The van der Waals surface area contributed by atoms with Gasteiger partial charge in [-0.1, -0.05) is 30.3 Å². The summed E-state index contributed by atoms with van der Waals surface area (Å²) in [6.45, 7) is 6.49. The van der Waals surface area contributed by atoms with Crippen LogP contribution in [0.4, 0.5) is 4.39 Å². The lowest BCUT2D eigenvalue weighted by Gasteiger charge is -2.29. The van der Waals surface area contributed by atoms with E-state index in [4.69, 9.17) is 9.47 Å². The second kappa shape index (κ2) is 9.41. The summed E-state index contributed by atoms with van der Waals surface area (Å²) in [5, 5.41) is 0. The predicted octanol–water partition coefficient (Wildman–Crippen LogP) is 4.84. The minimum Gasteiger partial charge on any atom is -0.488 e. The van der Waals surface area contributed by atoms with Gasteiger partial charge in [-0.25, -0.2) is 9.18 Å². The highest BCUT2D eigenvalue weighted by atomic mass is 19.1. The number of nitrogens with zero attached hydrogens (tertiary/aromatic N) is 2. The number of hydrogen-bond donors (Lipinski definition) is 1. The molecular formula is C29H28FN3O3. The molecule has 0 aliphatic carbocycles. The highest BCUT2D eigenvalue weighted by Crippen LogP contribution is 2.38. The molecule has 0 radical (unpaired) electrons. The number of aromatic amines is 1. The Morgan fingerprint density at radius 1 is 1.06 bits per heavy atom. The molecule has 6 nitrogen and oxygen atoms in total. The zero-order valence-electron chi connectivity index (χ0n) is 20.2. The maximum Gasteiger partial charge on any atom is 0.326 e. The first-order valence-corrected chi connectivity index (χ1v) is 12.3. The van der Waals surface area contributed by atoms with Crippen LogP contribution >= 0.6 is 0 Å². The quantitative estimate of drug-likeness (QED) is 0.449. The summed E-state index contributed by atoms with van der Waals surface area (Å²) in [6, 6.07) is 18.8. The second-order valence-corrected chi connectivity index (χ2v) is 9.48. The minimum absolute atomic E-state index is 0.0289. The molecular weight excluding hydrogens is 457 g/mol. The third-order valence-corrected chi connectivity index (χ3v) is 7.04. The van der Waals surface area contributed by atoms with Crippen LogP contribution in [0, 0.1) is 5.82 Å². The van der Waals surface area contributed by atoms with Gasteiger partial charge in [-0.05, 0) is 59.5 Å². The molecule has 3 heterocycles. The molecule has 1 saturated heterocycles. The van der Waals surface area contributed by atoms with Crippen LogP contribution in [0.2, 0.25) is 0 Å². The predicted molar refractivity (Wildman–Crippen MR) is 139 cm³/mol. The summed E-state index contributed by atoms with van der Waals surface area (Å²) in [6.07, 6.45) is 2.08. The van der Waals surface area contributed by atoms with Crippen molar-refractivity contribution < 1.29 is 13.9 Å². The molecule has 1 N–H and O–H groups in total. The van der Waals surface area contributed by atoms with Gasteiger partial charge in [0.25, 0.3) is 0 Å². The van der Waals surface area contributed by atoms with Crippen molar-refractivity contribution in [1.29, 1.82) is 0 Å². The first kappa shape index (κ1) is 22.8. The Balaban J connectivity index is 1.40. The van der Waals surface area contributed by atoms with Crippen LogP contribution in [0.1, 0.15) is 35.2 Å². The fourth-order valence-corrected chi connectivity index (χ4v) is 5.28. The van der Waals surface area contributed by atoms with E-state index >= 15 is 0 Å². The zero-order valence-corrected chi connectivity index (χ0v) is 20.2. The van der Waals surface area contributed by atoms with Crippen LogP contribution in [-0.4, -0.2) is 47.3 Å². The van der Waals surface area contributed by atoms with Crippen LogP contribution in [0.3, 0.4) is 0 Å². The zero-order chi connectivity index (χ0) is 24.6. The summed E-state index contributed by atoms with van der Waals surface area (Å²) in [5.74, 6) is 0.195. The van der Waals surface area contributed by atoms with E-state index in [-0.39, 0.29) is 17.5 Å². The van der Waals surface area contributed by atoms with Gasteiger partial charge >= 0.3 is 5.69 Å². The lowest BCUT2D eigenvalue weighted by atomic mass is 9.92. The van der Waals surface area contributed by atoms with E-state index in [1.807, 2.05) is 41.0 Å². The molecule has 3 aromatic carbocycles. The van der Waals surface area contributed by atoms with Gasteiger partial charge in [-0.15, -0.1) is 0 Å². The number of benzene rings is 3. The van der Waals surface area contributed by atoms with Gasteiger partial charge in [0.05, 0.1) is 24.2 Å². The van der Waals surface area contributed by atoms with Gasteiger partial charge in [0.15, 0.2) is 0 Å². The van der Waals surface area contributed by atoms with Crippen molar-refractivity contribution in [3.05, 3.63) is 99.2 Å². The van der Waals surface area contributed by atoms with Crippen molar-refractivity contribution in [2.75, 3.05) is 32.8 Å². The van der Waals surface area contributed by atoms with Crippen LogP contribution in [0.5, 0.6) is 5.75 Å². The number of aromatic nitrogens is 2. The first-order valence-electron chi connectivity index (χ1n) is 12.3. The van der Waals surface area contributed by atoms with E-state index in [1.54, 1.807) is 6.07 Å². The van der Waals surface area contributed by atoms with Crippen molar-refractivity contribution in [3.63, 3.8) is 0 Å². The average Bonchev–Trinajstić information content (AvgIpc) is 3.14. The lowest BCUT2D eigenvalue weighted by molar-refractivity contribution is 0.0326. The average molecular weight is 486 g/mol. The number of fused-ring (bicyclic) bond motifs is 3. The summed E-state index contributed by atoms with van der Waals surface area (Å²) in [4.78, 5) is 18.3. The Morgan fingerprint density at radius 3 is 2.75 bits per heavy atom. The molecule has 0 bridgehead atoms. The summed E-state index contributed by atoms with van der Waals surface area (Å²) in [7, 11) is 0. The number of halogens is 1. The number of morpholine rings is 1. The van der Waals surface area contributed by atoms with Gasteiger partial charge in [0.2, 0.25) is 0 Å². The lowest BCUT2D eigenvalue weighted by Crippen LogP contribution is -2.40. The number of nitrogens with one attached hydrogen (secondary N) is 1. The molecule has 7 heteroatoms. The van der Waals surface area contributed by atoms with E-state index in [0.717, 1.165) is 71.7 Å². The molecule has 0 spiro atoms. The van der Waals surface area contributed by atoms with Crippen molar-refractivity contribution in [3.8, 4) is 5.75 Å². The molecule has 4 aromatic rings. The van der Waals surface area contributed by atoms with E-state index in [1.165, 1.54) is 12.1 Å². The molecule has 0 amide bonds. The van der Waals surface area contributed by atoms with Crippen molar-refractivity contribution >= 4 is 22.7 Å². The number of H-pyrrole nitrogens is 1. The molecule has 36 heavy (non-hydrogen) atoms. The molecule has 1 fully saturated rings. The minimum atomic E-state index is -0.328. The van der Waals surface area contributed by atoms with Crippen molar-refractivity contribution in [2.45, 2.75) is 19.6 Å². The van der Waals surface area contributed by atoms with Crippen LogP contribution in [0.15, 0.2) is 65.5 Å². The Bertz CT molecular complexity index is 1510. The Labute approximate surface area is 208 Å². The van der Waals surface area contributed by atoms with E-state index in [0.29, 0.717) is 12.4 Å². The molecule has 2 aliphatic rings. The SMILES string of the molecule is CC(CN1CCOCC1)n1c(=O)[nH]c2cc(C=C3c4ccccc4COc4cc(F)ccc43)ccc21. The van der Waals surface area contributed by atoms with Crippen LogP contribution < -0.4 is 10.4 Å². The Morgan fingerprint density at radius 2 is 1.89 bits per heavy atom. The summed E-state index contributed by atoms with van der Waals surface area (Å²) < 4.78 is 27.2. The number of imidazole rings is 1. The van der Waals surface area contributed by atoms with Gasteiger partial charge in [0, 0.05) is 37.3 Å². The van der Waals surface area contributed by atoms with Gasteiger partial charge in [0.1, 0.15) is 18.2 Å². The maximum atomic E-state index is 14.0. The third kappa shape index (κ3) is 4.25. The molecule has 2 aliphatic heterocycles. The second-order valence-electron chi connectivity index (χ2n) is 9.48. The van der Waals surface area contributed by atoms with Crippen molar-refractivity contribution in [2.24, 2.45) is 0 Å². The summed E-state index contributed by atoms with van der Waals surface area (Å²) in [5.41, 5.74) is 6.40. The molecule has 1 aromatic heterocycles. The smallest absolute Gasteiger partial charge is 0.326 e. The Hall–Kier alpha value is -3.68. The van der Waals surface area contributed by atoms with E-state index in [9.17, 15) is 9.18 Å². The number of ether oxygens (including phenoxy) is 2. The number of rotatable bonds is 4. The monoisotopic (exact) mass is 485 g/mol. The van der Waals surface area contributed by atoms with Gasteiger partial charge < -0.3 is 14.5 Å². The molecule has 0 saturated carbocycles. The topological polar surface area (TPSA) is 59.5 Å². The van der Waals surface area contributed by atoms with Gasteiger partial charge in [-0.2, -0.15) is 0 Å². The van der Waals surface area contributed by atoms with E-state index < -0.39 is 0 Å². The fraction of sp³-hybridized carbons (Fsp3) is 0.276. The molecule has 6 rings (SSSR count). The van der Waals surface area contributed by atoms with Crippen LogP contribution in [0.25, 0.3) is 22.7 Å². The molecule has 1 unspecified atom stereocenters. The fourth-order valence-electron chi connectivity index (χ4n) is 5.28. The molecule has 184 valence electrons. The normalized spacial score (nSPS) is 17.9. The standard InChI is InChI=1S/C29H28FN3O3/c1-19(17-32-10-12-35-13-11-32)33-27-9-6-20(15-26(27)31-29(33)34)14-25-23-5-3-2-4-21(23)18-36-28-16-22(30)7-8-24(25)28/h2-9,14-16,19H,10-13,17-18H2,1H3,(H,31,34).